The molecule has 2 N–H and O–H groups in total. The summed E-state index contributed by atoms with van der Waals surface area (Å²) in [6.07, 6.45) is 15.3. The first kappa shape index (κ1) is 27.6. The number of hydrogen-bond acceptors (Lipinski definition) is 7. The number of aryl methyl sites for hydroxylation is 1. The molecule has 2 spiro atoms. The summed E-state index contributed by atoms with van der Waals surface area (Å²) in [5.74, 6) is 1.79. The maximum atomic E-state index is 14.6. The van der Waals surface area contributed by atoms with Gasteiger partial charge in [-0.25, -0.2) is 0 Å². The van der Waals surface area contributed by atoms with E-state index in [0.29, 0.717) is 18.9 Å². The second kappa shape index (κ2) is 9.04. The van der Waals surface area contributed by atoms with Crippen molar-refractivity contribution in [1.29, 1.82) is 0 Å². The number of thiophene rings is 1. The number of guanidine groups is 1. The van der Waals surface area contributed by atoms with Gasteiger partial charge >= 0.3 is 0 Å². The lowest BCUT2D eigenvalue weighted by molar-refractivity contribution is -0.174. The molecule has 8 aliphatic rings. The smallest absolute Gasteiger partial charge is 0.199 e. The van der Waals surface area contributed by atoms with Gasteiger partial charge in [-0.15, -0.1) is 11.3 Å². The van der Waals surface area contributed by atoms with Crippen LogP contribution in [-0.4, -0.2) is 76.2 Å². The molecule has 0 amide bonds. The van der Waals surface area contributed by atoms with Crippen LogP contribution in [0.1, 0.15) is 86.2 Å². The van der Waals surface area contributed by atoms with Gasteiger partial charge in [0.25, 0.3) is 0 Å². The van der Waals surface area contributed by atoms with Crippen molar-refractivity contribution in [3.63, 3.8) is 0 Å². The highest BCUT2D eigenvalue weighted by molar-refractivity contribution is 7.14. The van der Waals surface area contributed by atoms with Crippen LogP contribution in [0.15, 0.2) is 40.9 Å². The quantitative estimate of drug-likeness (QED) is 0.353. The van der Waals surface area contributed by atoms with Gasteiger partial charge in [-0.3, -0.25) is 9.79 Å². The Bertz CT molecular complexity index is 1420. The van der Waals surface area contributed by atoms with Gasteiger partial charge in [0.2, 0.25) is 0 Å². The Hall–Kier alpha value is -1.96. The normalized spacial score (nSPS) is 45.5. The molecule has 2 aliphatic heterocycles. The molecule has 6 nitrogen and oxygen atoms in total. The molecule has 6 aliphatic carbocycles. The first-order valence-corrected chi connectivity index (χ1v) is 17.4. The van der Waals surface area contributed by atoms with Gasteiger partial charge in [-0.2, -0.15) is 0 Å². The lowest BCUT2D eigenvalue weighted by Gasteiger charge is -2.71. The Morgan fingerprint density at radius 1 is 1.02 bits per heavy atom. The summed E-state index contributed by atoms with van der Waals surface area (Å²) in [4.78, 5) is 26.3. The Morgan fingerprint density at radius 3 is 2.60 bits per heavy atom. The molecule has 0 radical (unpaired) electrons. The van der Waals surface area contributed by atoms with Gasteiger partial charge in [0, 0.05) is 52.9 Å². The molecule has 1 saturated heterocycles. The zero-order valence-corrected chi connectivity index (χ0v) is 26.4. The molecule has 3 saturated carbocycles. The van der Waals surface area contributed by atoms with Crippen LogP contribution in [-0.2, 0) is 0 Å². The van der Waals surface area contributed by atoms with Crippen LogP contribution >= 0.6 is 11.3 Å². The van der Waals surface area contributed by atoms with Crippen molar-refractivity contribution in [2.45, 2.75) is 90.3 Å². The van der Waals surface area contributed by atoms with Gasteiger partial charge in [0.1, 0.15) is 0 Å². The van der Waals surface area contributed by atoms with E-state index in [1.807, 2.05) is 6.07 Å². The number of ketones is 1. The summed E-state index contributed by atoms with van der Waals surface area (Å²) in [6, 6.07) is 4.07. The van der Waals surface area contributed by atoms with E-state index in [2.05, 4.69) is 54.9 Å². The molecular weight excluding hydrogens is 542 g/mol. The fraction of sp³-hybridized carbons (Fsp3) is 0.714. The first-order chi connectivity index (χ1) is 20.1. The van der Waals surface area contributed by atoms with Crippen molar-refractivity contribution in [1.82, 2.24) is 9.80 Å². The Balaban J connectivity index is 1.23. The summed E-state index contributed by atoms with van der Waals surface area (Å²) >= 11 is 1.60. The molecule has 1 aromatic heterocycles. The van der Waals surface area contributed by atoms with Crippen LogP contribution in [0.2, 0.25) is 0 Å². The predicted molar refractivity (Wildman–Crippen MR) is 167 cm³/mol. The maximum absolute atomic E-state index is 14.6. The molecule has 3 heterocycles. The average Bonchev–Trinajstić information content (AvgIpc) is 3.53. The molecule has 9 rings (SSSR count). The third-order valence-electron chi connectivity index (χ3n) is 13.6. The van der Waals surface area contributed by atoms with Gasteiger partial charge in [0.15, 0.2) is 11.7 Å². The van der Waals surface area contributed by atoms with E-state index in [0.717, 1.165) is 98.8 Å². The third-order valence-corrected chi connectivity index (χ3v) is 14.6. The number of carbonyl (C=O) groups excluding carboxylic acids is 1. The molecule has 4 fully saturated rings. The summed E-state index contributed by atoms with van der Waals surface area (Å²) in [5.41, 5.74) is -0.850. The van der Waals surface area contributed by atoms with E-state index < -0.39 is 5.60 Å². The number of fused-ring (bicyclic) bond motifs is 2. The highest BCUT2D eigenvalue weighted by atomic mass is 32.1. The van der Waals surface area contributed by atoms with Gasteiger partial charge < -0.3 is 20.0 Å². The monoisotopic (exact) mass is 589 g/mol. The Morgan fingerprint density at radius 2 is 1.79 bits per heavy atom. The fourth-order valence-electron chi connectivity index (χ4n) is 11.5. The van der Waals surface area contributed by atoms with E-state index in [1.165, 1.54) is 0 Å². The molecule has 1 aromatic rings. The number of aliphatic imine (C=N–C) groups is 1. The van der Waals surface area contributed by atoms with Crippen LogP contribution in [0.5, 0.6) is 0 Å². The number of allylic oxidation sites excluding steroid dienone is 4. The molecule has 0 aromatic carbocycles. The van der Waals surface area contributed by atoms with Gasteiger partial charge in [-0.05, 0) is 94.1 Å². The number of aliphatic hydroxyl groups is 2. The van der Waals surface area contributed by atoms with Crippen molar-refractivity contribution >= 4 is 23.1 Å². The molecule has 2 bridgehead atoms. The van der Waals surface area contributed by atoms with Crippen molar-refractivity contribution < 1.29 is 15.0 Å². The summed E-state index contributed by atoms with van der Waals surface area (Å²) < 4.78 is 0. The van der Waals surface area contributed by atoms with Crippen LogP contribution in [0.25, 0.3) is 0 Å². The van der Waals surface area contributed by atoms with Crippen LogP contribution in [0.4, 0.5) is 0 Å². The summed E-state index contributed by atoms with van der Waals surface area (Å²) in [5, 5.41) is 23.7. The summed E-state index contributed by atoms with van der Waals surface area (Å²) in [6.45, 7) is 11.5. The molecule has 8 unspecified atom stereocenters. The second-order valence-corrected chi connectivity index (χ2v) is 16.6. The average molecular weight is 590 g/mol. The number of Topliss-reactive ketones (excluding diaryl/α,β-unsaturated/α-hetero) is 1. The Kier molecular flexibility index (Phi) is 5.94. The minimum Gasteiger partial charge on any atom is -0.393 e. The first-order valence-electron chi connectivity index (χ1n) is 16.6. The van der Waals surface area contributed by atoms with Crippen LogP contribution in [0, 0.1) is 40.4 Å². The lowest BCUT2D eigenvalue weighted by Crippen LogP contribution is -2.68. The number of aliphatic hydroxyl groups excluding tert-OH is 1. The standard InChI is InChI=1S/C35H47N3O3S/c1-23-6-7-26(42-23)29(40)25-21-33-14-15-35(25)27(31(33,2)11-8-24(39)20-33)9-12-32(3)28(35)10-13-34(32,41)22-38-19-5-18-37-17-4-16-36-30(37)38/h6-7,14-15,21,24,27-28,39,41H,4-5,8-13,16-20,22H2,1-3H3. The van der Waals surface area contributed by atoms with Crippen molar-refractivity contribution in [2.75, 3.05) is 32.7 Å². The van der Waals surface area contributed by atoms with Crippen molar-refractivity contribution in [2.24, 2.45) is 38.5 Å². The van der Waals surface area contributed by atoms with E-state index in [1.54, 1.807) is 11.3 Å². The number of carbonyl (C=O) groups is 1. The highest BCUT2D eigenvalue weighted by Crippen LogP contribution is 2.78. The Labute approximate surface area is 254 Å². The van der Waals surface area contributed by atoms with E-state index in [-0.39, 0.29) is 39.5 Å². The SMILES string of the molecule is Cc1ccc(C(=O)C2=CC34C=CC25C(CCC2(C)C5CCC2(O)CN2CCCN5CCCN=C52)C3(C)CCC(O)C4)s1. The zero-order valence-electron chi connectivity index (χ0n) is 25.6. The molecule has 42 heavy (non-hydrogen) atoms. The molecule has 8 atom stereocenters. The number of β-amino-alcohol motifs (C(OH)–C–C–N with tert-alkyl or cyclic N) is 1. The minimum atomic E-state index is -0.836. The number of nitrogens with zero attached hydrogens (tertiary/aromatic N) is 3. The molecule has 7 heteroatoms. The fourth-order valence-corrected chi connectivity index (χ4v) is 12.3. The number of hydrogen-bond donors (Lipinski definition) is 2. The van der Waals surface area contributed by atoms with Crippen molar-refractivity contribution in [3.8, 4) is 0 Å². The zero-order chi connectivity index (χ0) is 29.1. The van der Waals surface area contributed by atoms with E-state index >= 15 is 0 Å². The van der Waals surface area contributed by atoms with Gasteiger partial charge in [-0.1, -0.05) is 32.1 Å². The van der Waals surface area contributed by atoms with Crippen LogP contribution in [0.3, 0.4) is 0 Å². The lowest BCUT2D eigenvalue weighted by atomic mass is 9.32. The largest absolute Gasteiger partial charge is 0.393 e. The highest BCUT2D eigenvalue weighted by Gasteiger charge is 2.74. The minimum absolute atomic E-state index is 0.00234. The van der Waals surface area contributed by atoms with Crippen molar-refractivity contribution in [3.05, 3.63) is 45.7 Å². The molecule has 226 valence electrons. The van der Waals surface area contributed by atoms with E-state index in [9.17, 15) is 15.0 Å². The van der Waals surface area contributed by atoms with E-state index in [4.69, 9.17) is 4.99 Å². The summed E-state index contributed by atoms with van der Waals surface area (Å²) in [7, 11) is 0. The predicted octanol–water partition coefficient (Wildman–Crippen LogP) is 5.60. The topological polar surface area (TPSA) is 76.4 Å². The maximum Gasteiger partial charge on any atom is 0.199 e. The molecular formula is C35H47N3O3S. The second-order valence-electron chi connectivity index (χ2n) is 15.3. The third kappa shape index (κ3) is 3.39. The van der Waals surface area contributed by atoms with Gasteiger partial charge in [0.05, 0.1) is 23.1 Å². The number of rotatable bonds is 4. The van der Waals surface area contributed by atoms with Crippen LogP contribution < -0.4 is 0 Å².